The van der Waals surface area contributed by atoms with Gasteiger partial charge in [-0.2, -0.15) is 0 Å². The second-order valence-corrected chi connectivity index (χ2v) is 7.17. The normalized spacial score (nSPS) is 20.2. The van der Waals surface area contributed by atoms with Crippen molar-refractivity contribution in [2.75, 3.05) is 25.1 Å². The van der Waals surface area contributed by atoms with Crippen LogP contribution in [0.15, 0.2) is 59.6 Å². The average Bonchev–Trinajstić information content (AvgIpc) is 2.67. The minimum atomic E-state index is 0.138. The molecular formula is C22H26N2O. The number of benzene rings is 2. The number of anilines is 1. The molecule has 1 spiro atoms. The first-order chi connectivity index (χ1) is 12.4. The average molecular weight is 334 g/mol. The topological polar surface area (TPSA) is 33.6 Å². The van der Waals surface area contributed by atoms with Crippen LogP contribution >= 0.6 is 0 Å². The third-order valence-electron chi connectivity index (χ3n) is 5.49. The molecule has 0 bridgehead atoms. The summed E-state index contributed by atoms with van der Waals surface area (Å²) >= 11 is 0. The third-order valence-corrected chi connectivity index (χ3v) is 5.49. The number of para-hydroxylation sites is 1. The van der Waals surface area contributed by atoms with E-state index in [0.717, 1.165) is 51.9 Å². The van der Waals surface area contributed by atoms with Crippen molar-refractivity contribution in [2.24, 2.45) is 10.4 Å². The zero-order chi connectivity index (χ0) is 17.0. The summed E-state index contributed by atoms with van der Waals surface area (Å²) in [4.78, 5) is 5.02. The molecule has 3 heteroatoms. The molecule has 0 saturated carbocycles. The summed E-state index contributed by atoms with van der Waals surface area (Å²) in [5, 5.41) is 3.65. The number of ether oxygens (including phenoxy) is 1. The molecule has 1 saturated heterocycles. The van der Waals surface area contributed by atoms with E-state index in [-0.39, 0.29) is 5.41 Å². The van der Waals surface area contributed by atoms with Gasteiger partial charge in [0.25, 0.3) is 0 Å². The van der Waals surface area contributed by atoms with Crippen LogP contribution in [-0.2, 0) is 17.6 Å². The van der Waals surface area contributed by atoms with E-state index in [1.54, 1.807) is 0 Å². The van der Waals surface area contributed by atoms with Gasteiger partial charge >= 0.3 is 0 Å². The van der Waals surface area contributed by atoms with Gasteiger partial charge in [-0.1, -0.05) is 48.5 Å². The lowest BCUT2D eigenvalue weighted by atomic mass is 9.71. The Hall–Kier alpha value is -2.13. The van der Waals surface area contributed by atoms with Crippen molar-refractivity contribution >= 4 is 11.5 Å². The third kappa shape index (κ3) is 3.62. The molecule has 2 heterocycles. The van der Waals surface area contributed by atoms with Crippen molar-refractivity contribution in [2.45, 2.75) is 32.1 Å². The van der Waals surface area contributed by atoms with E-state index in [2.05, 4.69) is 59.9 Å². The monoisotopic (exact) mass is 334 g/mol. The molecule has 2 aromatic rings. The number of hydrogen-bond donors (Lipinski definition) is 1. The number of nitrogens with one attached hydrogen (secondary N) is 1. The second kappa shape index (κ2) is 7.40. The molecule has 3 nitrogen and oxygen atoms in total. The van der Waals surface area contributed by atoms with Gasteiger partial charge in [0.1, 0.15) is 5.84 Å². The van der Waals surface area contributed by atoms with Gasteiger partial charge in [0, 0.05) is 30.9 Å². The van der Waals surface area contributed by atoms with Crippen molar-refractivity contribution in [3.8, 4) is 0 Å². The van der Waals surface area contributed by atoms with Crippen molar-refractivity contribution in [1.82, 2.24) is 0 Å². The lowest BCUT2D eigenvalue weighted by Crippen LogP contribution is -2.46. The molecule has 0 unspecified atom stereocenters. The smallest absolute Gasteiger partial charge is 0.107 e. The molecule has 0 atom stereocenters. The van der Waals surface area contributed by atoms with Crippen molar-refractivity contribution in [1.29, 1.82) is 0 Å². The van der Waals surface area contributed by atoms with Crippen LogP contribution in [0.2, 0.25) is 0 Å². The number of hydrogen-bond acceptors (Lipinski definition) is 2. The van der Waals surface area contributed by atoms with Crippen LogP contribution in [0.4, 0.5) is 5.69 Å². The summed E-state index contributed by atoms with van der Waals surface area (Å²) in [6.07, 6.45) is 5.38. The van der Waals surface area contributed by atoms with Crippen LogP contribution in [0.5, 0.6) is 0 Å². The molecule has 2 aliphatic heterocycles. The molecule has 2 aliphatic rings. The van der Waals surface area contributed by atoms with Crippen LogP contribution in [0.25, 0.3) is 0 Å². The summed E-state index contributed by atoms with van der Waals surface area (Å²) in [5.74, 6) is 1.18. The van der Waals surface area contributed by atoms with Crippen LogP contribution < -0.4 is 5.32 Å². The van der Waals surface area contributed by atoms with Gasteiger partial charge in [0.15, 0.2) is 0 Å². The lowest BCUT2D eigenvalue weighted by Gasteiger charge is -2.42. The van der Waals surface area contributed by atoms with E-state index in [9.17, 15) is 0 Å². The molecule has 1 fully saturated rings. The van der Waals surface area contributed by atoms with Gasteiger partial charge in [-0.3, -0.25) is 4.99 Å². The Kier molecular flexibility index (Phi) is 4.84. The lowest BCUT2D eigenvalue weighted by molar-refractivity contribution is 0.0449. The van der Waals surface area contributed by atoms with Gasteiger partial charge in [-0.15, -0.1) is 0 Å². The predicted octanol–water partition coefficient (Wildman–Crippen LogP) is 4.48. The Morgan fingerprint density at radius 3 is 2.56 bits per heavy atom. The maximum atomic E-state index is 5.63. The highest BCUT2D eigenvalue weighted by Gasteiger charge is 2.41. The first-order valence-electron chi connectivity index (χ1n) is 9.37. The Balaban J connectivity index is 1.49. The summed E-state index contributed by atoms with van der Waals surface area (Å²) in [7, 11) is 0. The molecule has 25 heavy (non-hydrogen) atoms. The van der Waals surface area contributed by atoms with Crippen LogP contribution in [0, 0.1) is 5.41 Å². The highest BCUT2D eigenvalue weighted by atomic mass is 16.5. The minimum Gasteiger partial charge on any atom is -0.381 e. The Morgan fingerprint density at radius 1 is 0.960 bits per heavy atom. The Labute approximate surface area is 150 Å². The highest BCUT2D eigenvalue weighted by molar-refractivity contribution is 6.02. The summed E-state index contributed by atoms with van der Waals surface area (Å²) in [5.41, 5.74) is 4.17. The molecular weight excluding hydrogens is 308 g/mol. The fraction of sp³-hybridized carbons (Fsp3) is 0.409. The van der Waals surface area contributed by atoms with E-state index in [1.807, 2.05) is 0 Å². The van der Waals surface area contributed by atoms with E-state index in [4.69, 9.17) is 9.73 Å². The van der Waals surface area contributed by atoms with Crippen molar-refractivity contribution < 1.29 is 4.74 Å². The quantitative estimate of drug-likeness (QED) is 0.836. The molecule has 0 aliphatic carbocycles. The minimum absolute atomic E-state index is 0.138. The standard InChI is InChI=1S/C22H26N2O/c1-2-7-18(8-3-1)9-6-14-23-21-22(12-15-25-16-13-22)17-19-10-4-5-11-20(19)24-21/h1-5,7-8,10-11H,6,9,12-17H2,(H,23,24). The summed E-state index contributed by atoms with van der Waals surface area (Å²) < 4.78 is 5.63. The predicted molar refractivity (Wildman–Crippen MR) is 103 cm³/mol. The number of amidine groups is 1. The highest BCUT2D eigenvalue weighted by Crippen LogP contribution is 2.41. The van der Waals surface area contributed by atoms with Gasteiger partial charge in [0.05, 0.1) is 0 Å². The van der Waals surface area contributed by atoms with Crippen molar-refractivity contribution in [3.05, 3.63) is 65.7 Å². The van der Waals surface area contributed by atoms with Crippen LogP contribution in [-0.4, -0.2) is 25.6 Å². The first kappa shape index (κ1) is 16.3. The fourth-order valence-electron chi connectivity index (χ4n) is 4.01. The molecule has 0 radical (unpaired) electrons. The molecule has 1 N–H and O–H groups in total. The van der Waals surface area contributed by atoms with Crippen LogP contribution in [0.3, 0.4) is 0 Å². The zero-order valence-corrected chi connectivity index (χ0v) is 14.7. The Morgan fingerprint density at radius 2 is 1.72 bits per heavy atom. The maximum Gasteiger partial charge on any atom is 0.107 e. The molecule has 130 valence electrons. The van der Waals surface area contributed by atoms with E-state index in [0.29, 0.717) is 0 Å². The first-order valence-corrected chi connectivity index (χ1v) is 9.37. The number of fused-ring (bicyclic) bond motifs is 1. The SMILES string of the molecule is c1ccc(CCCN=C2Nc3ccccc3CC23CCOCC3)cc1. The number of aryl methyl sites for hydroxylation is 1. The number of rotatable bonds is 4. The largest absolute Gasteiger partial charge is 0.381 e. The fourth-order valence-corrected chi connectivity index (χ4v) is 4.01. The van der Waals surface area contributed by atoms with E-state index >= 15 is 0 Å². The molecule has 2 aromatic carbocycles. The molecule has 4 rings (SSSR count). The summed E-state index contributed by atoms with van der Waals surface area (Å²) in [6.45, 7) is 2.56. The number of nitrogens with zero attached hydrogens (tertiary/aromatic N) is 1. The molecule has 0 amide bonds. The van der Waals surface area contributed by atoms with Gasteiger partial charge < -0.3 is 10.1 Å². The maximum absolute atomic E-state index is 5.63. The summed E-state index contributed by atoms with van der Waals surface area (Å²) in [6, 6.07) is 19.3. The molecule has 0 aromatic heterocycles. The van der Waals surface area contributed by atoms with Gasteiger partial charge in [0.2, 0.25) is 0 Å². The van der Waals surface area contributed by atoms with Crippen LogP contribution in [0.1, 0.15) is 30.4 Å². The zero-order valence-electron chi connectivity index (χ0n) is 14.7. The van der Waals surface area contributed by atoms with Crippen molar-refractivity contribution in [3.63, 3.8) is 0 Å². The van der Waals surface area contributed by atoms with E-state index < -0.39 is 0 Å². The Bertz CT molecular complexity index is 733. The van der Waals surface area contributed by atoms with E-state index in [1.165, 1.54) is 22.6 Å². The second-order valence-electron chi connectivity index (χ2n) is 7.17. The van der Waals surface area contributed by atoms with Gasteiger partial charge in [-0.25, -0.2) is 0 Å². The number of aliphatic imine (C=N–C) groups is 1. The van der Waals surface area contributed by atoms with Gasteiger partial charge in [-0.05, 0) is 49.3 Å².